The third-order valence-corrected chi connectivity index (χ3v) is 2.59. The first-order chi connectivity index (χ1) is 8.15. The Labute approximate surface area is 119 Å². The van der Waals surface area contributed by atoms with Gasteiger partial charge in [-0.05, 0) is 19.2 Å². The van der Waals surface area contributed by atoms with Gasteiger partial charge >= 0.3 is 0 Å². The van der Waals surface area contributed by atoms with Crippen LogP contribution < -0.4 is 10.1 Å². The minimum absolute atomic E-state index is 0. The van der Waals surface area contributed by atoms with Gasteiger partial charge in [-0.25, -0.2) is 0 Å². The molecule has 1 amide bonds. The largest absolute Gasteiger partial charge is 0.490 e. The van der Waals surface area contributed by atoms with E-state index >= 15 is 0 Å². The van der Waals surface area contributed by atoms with Crippen molar-refractivity contribution < 1.29 is 9.53 Å². The lowest BCUT2D eigenvalue weighted by Crippen LogP contribution is -2.36. The van der Waals surface area contributed by atoms with Crippen molar-refractivity contribution in [3.8, 4) is 5.75 Å². The van der Waals surface area contributed by atoms with Gasteiger partial charge in [0.2, 0.25) is 5.91 Å². The molecule has 0 aliphatic carbocycles. The summed E-state index contributed by atoms with van der Waals surface area (Å²) in [5, 5.41) is 3.39. The molecule has 6 heteroatoms. The first-order valence-electron chi connectivity index (χ1n) is 5.41. The summed E-state index contributed by atoms with van der Waals surface area (Å²) in [4.78, 5) is 13.1. The van der Waals surface area contributed by atoms with E-state index in [0.717, 1.165) is 0 Å². The normalized spacial score (nSPS) is 9.50. The van der Waals surface area contributed by atoms with Gasteiger partial charge in [0.05, 0.1) is 18.1 Å². The van der Waals surface area contributed by atoms with E-state index in [0.29, 0.717) is 30.5 Å². The fraction of sp³-hybridized carbons (Fsp3) is 0.417. The second-order valence-corrected chi connectivity index (χ2v) is 4.03. The van der Waals surface area contributed by atoms with Gasteiger partial charge in [-0.3, -0.25) is 4.79 Å². The van der Waals surface area contributed by atoms with Crippen LogP contribution in [-0.4, -0.2) is 44.6 Å². The molecule has 0 saturated heterocycles. The predicted octanol–water partition coefficient (Wildman–Crippen LogP) is 1.82. The summed E-state index contributed by atoms with van der Waals surface area (Å²) in [6, 6.07) is 7.28. The number of hydrogen-bond donors (Lipinski definition) is 1. The minimum Gasteiger partial charge on any atom is -0.490 e. The van der Waals surface area contributed by atoms with E-state index in [9.17, 15) is 4.79 Å². The summed E-state index contributed by atoms with van der Waals surface area (Å²) < 4.78 is 5.49. The molecule has 0 fully saturated rings. The molecule has 0 aromatic heterocycles. The van der Waals surface area contributed by atoms with Gasteiger partial charge in [0.25, 0.3) is 0 Å². The molecule has 0 spiro atoms. The van der Waals surface area contributed by atoms with Gasteiger partial charge in [-0.2, -0.15) is 0 Å². The highest BCUT2D eigenvalue weighted by atomic mass is 35.5. The summed E-state index contributed by atoms with van der Waals surface area (Å²) in [6.07, 6.45) is 0. The number of halogens is 2. The number of ether oxygens (including phenoxy) is 1. The highest BCUT2D eigenvalue weighted by molar-refractivity contribution is 6.32. The van der Waals surface area contributed by atoms with Crippen molar-refractivity contribution in [3.05, 3.63) is 29.3 Å². The summed E-state index contributed by atoms with van der Waals surface area (Å²) >= 11 is 5.94. The zero-order valence-electron chi connectivity index (χ0n) is 10.5. The van der Waals surface area contributed by atoms with Crippen molar-refractivity contribution in [3.63, 3.8) is 0 Å². The Morgan fingerprint density at radius 1 is 1.44 bits per heavy atom. The lowest BCUT2D eigenvalue weighted by atomic mass is 10.3. The standard InChI is InChI=1S/C12H17ClN2O2.ClH/c1-14-9-12(16)15(2)7-8-17-11-6-4-3-5-10(11)13;/h3-6,14H,7-9H2,1-2H3;1H. The molecule has 0 atom stereocenters. The summed E-state index contributed by atoms with van der Waals surface area (Å²) in [5.41, 5.74) is 0. The van der Waals surface area contributed by atoms with E-state index < -0.39 is 0 Å². The van der Waals surface area contributed by atoms with Gasteiger partial charge in [-0.15, -0.1) is 12.4 Å². The second kappa shape index (κ2) is 9.03. The summed E-state index contributed by atoms with van der Waals surface area (Å²) in [6.45, 7) is 1.30. The number of carbonyl (C=O) groups is 1. The van der Waals surface area contributed by atoms with Crippen LogP contribution in [0.5, 0.6) is 5.75 Å². The maximum absolute atomic E-state index is 11.4. The van der Waals surface area contributed by atoms with Crippen LogP contribution in [0.3, 0.4) is 0 Å². The van der Waals surface area contributed by atoms with Crippen LogP contribution >= 0.6 is 24.0 Å². The quantitative estimate of drug-likeness (QED) is 0.870. The fourth-order valence-corrected chi connectivity index (χ4v) is 1.46. The molecular formula is C12H18Cl2N2O2. The average Bonchev–Trinajstić information content (AvgIpc) is 2.31. The lowest BCUT2D eigenvalue weighted by molar-refractivity contribution is -0.129. The van der Waals surface area contributed by atoms with Crippen molar-refractivity contribution in [2.75, 3.05) is 33.8 Å². The van der Waals surface area contributed by atoms with Crippen molar-refractivity contribution in [2.45, 2.75) is 0 Å². The van der Waals surface area contributed by atoms with Crippen LogP contribution in [0.4, 0.5) is 0 Å². The summed E-state index contributed by atoms with van der Waals surface area (Å²) in [7, 11) is 3.49. The third-order valence-electron chi connectivity index (χ3n) is 2.27. The minimum atomic E-state index is 0. The van der Waals surface area contributed by atoms with Crippen molar-refractivity contribution in [2.24, 2.45) is 0 Å². The molecule has 1 rings (SSSR count). The van der Waals surface area contributed by atoms with E-state index in [1.807, 2.05) is 12.1 Å². The Bertz CT molecular complexity index is 375. The number of nitrogens with zero attached hydrogens (tertiary/aromatic N) is 1. The molecule has 0 unspecified atom stereocenters. The van der Waals surface area contributed by atoms with E-state index in [4.69, 9.17) is 16.3 Å². The number of benzene rings is 1. The molecule has 0 aliphatic rings. The number of amides is 1. The zero-order valence-corrected chi connectivity index (χ0v) is 12.1. The van der Waals surface area contributed by atoms with Crippen LogP contribution in [0.2, 0.25) is 5.02 Å². The molecule has 1 aromatic rings. The van der Waals surface area contributed by atoms with Crippen LogP contribution in [0.25, 0.3) is 0 Å². The van der Waals surface area contributed by atoms with Gasteiger partial charge in [0, 0.05) is 7.05 Å². The van der Waals surface area contributed by atoms with Gasteiger partial charge < -0.3 is 15.0 Å². The Hall–Kier alpha value is -0.970. The molecule has 0 heterocycles. The van der Waals surface area contributed by atoms with Gasteiger partial charge in [-0.1, -0.05) is 23.7 Å². The van der Waals surface area contributed by atoms with Crippen LogP contribution in [-0.2, 0) is 4.79 Å². The van der Waals surface area contributed by atoms with Crippen LogP contribution in [0.1, 0.15) is 0 Å². The Morgan fingerprint density at radius 3 is 2.72 bits per heavy atom. The highest BCUT2D eigenvalue weighted by Gasteiger charge is 2.07. The Kier molecular flexibility index (Phi) is 8.54. The molecular weight excluding hydrogens is 275 g/mol. The molecule has 0 bridgehead atoms. The van der Waals surface area contributed by atoms with Gasteiger partial charge in [0.1, 0.15) is 12.4 Å². The Balaban J connectivity index is 0.00000289. The number of nitrogens with one attached hydrogen (secondary N) is 1. The average molecular weight is 293 g/mol. The number of para-hydroxylation sites is 1. The van der Waals surface area contributed by atoms with E-state index in [1.54, 1.807) is 31.1 Å². The Morgan fingerprint density at radius 2 is 2.11 bits per heavy atom. The molecule has 0 saturated carbocycles. The fourth-order valence-electron chi connectivity index (χ4n) is 1.27. The molecule has 1 N–H and O–H groups in total. The zero-order chi connectivity index (χ0) is 12.7. The van der Waals surface area contributed by atoms with E-state index in [-0.39, 0.29) is 18.3 Å². The van der Waals surface area contributed by atoms with E-state index in [1.165, 1.54) is 0 Å². The molecule has 0 radical (unpaired) electrons. The third kappa shape index (κ3) is 5.58. The molecule has 102 valence electrons. The van der Waals surface area contributed by atoms with Gasteiger partial charge in [0.15, 0.2) is 0 Å². The number of carbonyl (C=O) groups excluding carboxylic acids is 1. The van der Waals surface area contributed by atoms with E-state index in [2.05, 4.69) is 5.32 Å². The van der Waals surface area contributed by atoms with Crippen LogP contribution in [0.15, 0.2) is 24.3 Å². The smallest absolute Gasteiger partial charge is 0.236 e. The monoisotopic (exact) mass is 292 g/mol. The maximum atomic E-state index is 11.4. The second-order valence-electron chi connectivity index (χ2n) is 3.62. The molecule has 0 aliphatic heterocycles. The maximum Gasteiger partial charge on any atom is 0.236 e. The van der Waals surface area contributed by atoms with Crippen LogP contribution in [0, 0.1) is 0 Å². The topological polar surface area (TPSA) is 41.6 Å². The van der Waals surface area contributed by atoms with Crippen molar-refractivity contribution >= 4 is 29.9 Å². The number of rotatable bonds is 6. The lowest BCUT2D eigenvalue weighted by Gasteiger charge is -2.17. The first kappa shape index (κ1) is 17.0. The van der Waals surface area contributed by atoms with Crippen molar-refractivity contribution in [1.82, 2.24) is 10.2 Å². The molecule has 4 nitrogen and oxygen atoms in total. The highest BCUT2D eigenvalue weighted by Crippen LogP contribution is 2.22. The van der Waals surface area contributed by atoms with Crippen molar-refractivity contribution in [1.29, 1.82) is 0 Å². The molecule has 1 aromatic carbocycles. The first-order valence-corrected chi connectivity index (χ1v) is 5.79. The number of likely N-dealkylation sites (N-methyl/N-ethyl adjacent to an activating group) is 2. The number of hydrogen-bond acceptors (Lipinski definition) is 3. The predicted molar refractivity (Wildman–Crippen MR) is 75.8 cm³/mol. The summed E-state index contributed by atoms with van der Waals surface area (Å²) in [5.74, 6) is 0.680. The SMILES string of the molecule is CNCC(=O)N(C)CCOc1ccccc1Cl.Cl. The molecule has 18 heavy (non-hydrogen) atoms.